The Bertz CT molecular complexity index is 1300. The van der Waals surface area contributed by atoms with Gasteiger partial charge < -0.3 is 19.2 Å². The van der Waals surface area contributed by atoms with Crippen LogP contribution in [0, 0.1) is 0 Å². The topological polar surface area (TPSA) is 77.8 Å². The SMILES string of the molecule is CCOc1ccc(NC(=O)COc2ccc3oc(-c4ccc(Cl)cc4)cc(=O)c3c2)cc1. The molecule has 1 N–H and O–H groups in total. The number of ether oxygens (including phenoxy) is 2. The summed E-state index contributed by atoms with van der Waals surface area (Å²) < 4.78 is 16.8. The van der Waals surface area contributed by atoms with Crippen molar-refractivity contribution in [2.75, 3.05) is 18.5 Å². The fraction of sp³-hybridized carbons (Fsp3) is 0.120. The zero-order valence-corrected chi connectivity index (χ0v) is 18.0. The Morgan fingerprint density at radius 2 is 1.66 bits per heavy atom. The van der Waals surface area contributed by atoms with Crippen LogP contribution in [0.2, 0.25) is 5.02 Å². The normalized spacial score (nSPS) is 10.7. The van der Waals surface area contributed by atoms with Gasteiger partial charge in [-0.1, -0.05) is 11.6 Å². The van der Waals surface area contributed by atoms with Crippen molar-refractivity contribution in [1.29, 1.82) is 0 Å². The van der Waals surface area contributed by atoms with Gasteiger partial charge in [0.1, 0.15) is 22.8 Å². The fourth-order valence-corrected chi connectivity index (χ4v) is 3.25. The van der Waals surface area contributed by atoms with Crippen LogP contribution in [0.15, 0.2) is 82.0 Å². The average Bonchev–Trinajstić information content (AvgIpc) is 2.80. The molecule has 0 aliphatic carbocycles. The zero-order valence-electron chi connectivity index (χ0n) is 17.3. The third-order valence-electron chi connectivity index (χ3n) is 4.65. The molecule has 0 aliphatic heterocycles. The number of halogens is 1. The number of benzene rings is 3. The maximum absolute atomic E-state index is 12.6. The second kappa shape index (κ2) is 9.58. The van der Waals surface area contributed by atoms with Crippen LogP contribution in [-0.2, 0) is 4.79 Å². The number of amides is 1. The van der Waals surface area contributed by atoms with Crippen LogP contribution in [0.25, 0.3) is 22.3 Å². The second-order valence-electron chi connectivity index (χ2n) is 6.93. The van der Waals surface area contributed by atoms with Gasteiger partial charge >= 0.3 is 0 Å². The lowest BCUT2D eigenvalue weighted by Gasteiger charge is -2.09. The standard InChI is InChI=1S/C25H20ClNO5/c1-2-30-19-9-7-18(8-10-19)27-25(29)15-31-20-11-12-23-21(13-20)22(28)14-24(32-23)16-3-5-17(26)6-4-16/h3-14H,2,15H2,1H3,(H,27,29). The monoisotopic (exact) mass is 449 g/mol. The van der Waals surface area contributed by atoms with Crippen molar-refractivity contribution in [3.05, 3.63) is 88.0 Å². The summed E-state index contributed by atoms with van der Waals surface area (Å²) in [7, 11) is 0. The van der Waals surface area contributed by atoms with Gasteiger partial charge in [0.2, 0.25) is 0 Å². The highest BCUT2D eigenvalue weighted by Gasteiger charge is 2.10. The van der Waals surface area contributed by atoms with Gasteiger partial charge in [-0.3, -0.25) is 9.59 Å². The van der Waals surface area contributed by atoms with Gasteiger partial charge in [0.05, 0.1) is 12.0 Å². The Balaban J connectivity index is 1.44. The highest BCUT2D eigenvalue weighted by atomic mass is 35.5. The van der Waals surface area contributed by atoms with Gasteiger partial charge in [0.25, 0.3) is 5.91 Å². The summed E-state index contributed by atoms with van der Waals surface area (Å²) in [4.78, 5) is 24.8. The van der Waals surface area contributed by atoms with Gasteiger partial charge in [-0.2, -0.15) is 0 Å². The van der Waals surface area contributed by atoms with Crippen molar-refractivity contribution < 1.29 is 18.7 Å². The van der Waals surface area contributed by atoms with E-state index in [4.69, 9.17) is 25.5 Å². The molecule has 0 aliphatic rings. The number of carbonyl (C=O) groups excluding carboxylic acids is 1. The van der Waals surface area contributed by atoms with Gasteiger partial charge in [0, 0.05) is 22.3 Å². The van der Waals surface area contributed by atoms with Crippen LogP contribution in [0.3, 0.4) is 0 Å². The molecule has 1 aromatic heterocycles. The molecule has 6 nitrogen and oxygen atoms in total. The molecule has 1 amide bonds. The minimum Gasteiger partial charge on any atom is -0.494 e. The van der Waals surface area contributed by atoms with Gasteiger partial charge in [-0.25, -0.2) is 0 Å². The quantitative estimate of drug-likeness (QED) is 0.401. The molecule has 0 radical (unpaired) electrons. The van der Waals surface area contributed by atoms with E-state index in [1.54, 1.807) is 66.7 Å². The molecule has 7 heteroatoms. The lowest BCUT2D eigenvalue weighted by molar-refractivity contribution is -0.118. The summed E-state index contributed by atoms with van der Waals surface area (Å²) >= 11 is 5.92. The van der Waals surface area contributed by atoms with Crippen molar-refractivity contribution in [3.63, 3.8) is 0 Å². The zero-order chi connectivity index (χ0) is 22.5. The summed E-state index contributed by atoms with van der Waals surface area (Å²) in [6.45, 7) is 2.28. The van der Waals surface area contributed by atoms with Crippen LogP contribution >= 0.6 is 11.6 Å². The lowest BCUT2D eigenvalue weighted by atomic mass is 10.1. The molecule has 0 saturated carbocycles. The highest BCUT2D eigenvalue weighted by molar-refractivity contribution is 6.30. The number of hydrogen-bond donors (Lipinski definition) is 1. The molecule has 0 spiro atoms. The van der Waals surface area contributed by atoms with E-state index in [1.807, 2.05) is 6.92 Å². The molecule has 32 heavy (non-hydrogen) atoms. The van der Waals surface area contributed by atoms with Crippen LogP contribution in [-0.4, -0.2) is 19.1 Å². The molecular formula is C25H20ClNO5. The number of rotatable bonds is 7. The third kappa shape index (κ3) is 5.10. The average molecular weight is 450 g/mol. The van der Waals surface area contributed by atoms with Crippen molar-refractivity contribution >= 4 is 34.2 Å². The van der Waals surface area contributed by atoms with Crippen molar-refractivity contribution in [3.8, 4) is 22.8 Å². The Kier molecular flexibility index (Phi) is 6.42. The molecule has 3 aromatic carbocycles. The van der Waals surface area contributed by atoms with E-state index in [-0.39, 0.29) is 17.9 Å². The molecule has 0 atom stereocenters. The van der Waals surface area contributed by atoms with E-state index in [0.717, 1.165) is 11.3 Å². The summed E-state index contributed by atoms with van der Waals surface area (Å²) in [6.07, 6.45) is 0. The Morgan fingerprint density at radius 1 is 0.938 bits per heavy atom. The van der Waals surface area contributed by atoms with Crippen LogP contribution in [0.1, 0.15) is 6.92 Å². The first-order valence-corrected chi connectivity index (χ1v) is 10.4. The Labute approximate surface area is 189 Å². The van der Waals surface area contributed by atoms with Gasteiger partial charge in [-0.15, -0.1) is 0 Å². The molecule has 1 heterocycles. The third-order valence-corrected chi connectivity index (χ3v) is 4.90. The van der Waals surface area contributed by atoms with Crippen molar-refractivity contribution in [2.45, 2.75) is 6.92 Å². The van der Waals surface area contributed by atoms with Crippen LogP contribution in [0.5, 0.6) is 11.5 Å². The largest absolute Gasteiger partial charge is 0.494 e. The minimum absolute atomic E-state index is 0.201. The van der Waals surface area contributed by atoms with Crippen LogP contribution < -0.4 is 20.2 Å². The summed E-state index contributed by atoms with van der Waals surface area (Å²) in [5.74, 6) is 1.25. The van der Waals surface area contributed by atoms with E-state index in [0.29, 0.717) is 39.8 Å². The molecule has 4 aromatic rings. The van der Waals surface area contributed by atoms with E-state index in [9.17, 15) is 9.59 Å². The molecule has 4 rings (SSSR count). The summed E-state index contributed by atoms with van der Waals surface area (Å²) in [6, 6.07) is 20.4. The van der Waals surface area contributed by atoms with Gasteiger partial charge in [0.15, 0.2) is 12.0 Å². The number of fused-ring (bicyclic) bond motifs is 1. The van der Waals surface area contributed by atoms with Crippen LogP contribution in [0.4, 0.5) is 5.69 Å². The van der Waals surface area contributed by atoms with E-state index >= 15 is 0 Å². The first-order valence-electron chi connectivity index (χ1n) is 10.0. The molecule has 0 bridgehead atoms. The molecule has 0 saturated heterocycles. The van der Waals surface area contributed by atoms with E-state index < -0.39 is 0 Å². The lowest BCUT2D eigenvalue weighted by Crippen LogP contribution is -2.20. The summed E-state index contributed by atoms with van der Waals surface area (Å²) in [5.41, 5.74) is 1.60. The molecule has 162 valence electrons. The van der Waals surface area contributed by atoms with Crippen molar-refractivity contribution in [1.82, 2.24) is 0 Å². The number of anilines is 1. The first-order chi connectivity index (χ1) is 15.5. The Morgan fingerprint density at radius 3 is 2.38 bits per heavy atom. The minimum atomic E-state index is -0.320. The predicted molar refractivity (Wildman–Crippen MR) is 125 cm³/mol. The predicted octanol–water partition coefficient (Wildman–Crippen LogP) is 5.53. The maximum atomic E-state index is 12.6. The fourth-order valence-electron chi connectivity index (χ4n) is 3.13. The van der Waals surface area contributed by atoms with E-state index in [1.165, 1.54) is 6.07 Å². The number of carbonyl (C=O) groups is 1. The Hall–Kier alpha value is -3.77. The molecule has 0 unspecified atom stereocenters. The van der Waals surface area contributed by atoms with Gasteiger partial charge in [-0.05, 0) is 73.7 Å². The first kappa shape index (κ1) is 21.5. The number of nitrogens with one attached hydrogen (secondary N) is 1. The van der Waals surface area contributed by atoms with E-state index in [2.05, 4.69) is 5.32 Å². The van der Waals surface area contributed by atoms with Crippen molar-refractivity contribution in [2.24, 2.45) is 0 Å². The molecule has 0 fully saturated rings. The number of hydrogen-bond acceptors (Lipinski definition) is 5. The smallest absolute Gasteiger partial charge is 0.262 e. The summed E-state index contributed by atoms with van der Waals surface area (Å²) in [5, 5.41) is 3.72. The highest BCUT2D eigenvalue weighted by Crippen LogP contribution is 2.25. The second-order valence-corrected chi connectivity index (χ2v) is 7.37. The molecular weight excluding hydrogens is 430 g/mol. The maximum Gasteiger partial charge on any atom is 0.262 e.